The number of carbonyl (C=O) groups excluding carboxylic acids is 1. The molecule has 0 unspecified atom stereocenters. The number of carbonyl (C=O) groups is 1. The van der Waals surface area contributed by atoms with E-state index in [1.807, 2.05) is 13.8 Å². The number of amides is 2. The zero-order valence-corrected chi connectivity index (χ0v) is 10.3. The Morgan fingerprint density at radius 3 is 3.00 bits per heavy atom. The largest absolute Gasteiger partial charge is 0.396 e. The quantitative estimate of drug-likeness (QED) is 0.735. The Kier molecular flexibility index (Phi) is 5.21. The van der Waals surface area contributed by atoms with Crippen LogP contribution in [0.4, 0.5) is 9.93 Å². The molecule has 1 atom stereocenters. The molecule has 0 aliphatic carbocycles. The van der Waals surface area contributed by atoms with Gasteiger partial charge in [0.2, 0.25) is 0 Å². The van der Waals surface area contributed by atoms with E-state index in [9.17, 15) is 4.79 Å². The van der Waals surface area contributed by atoms with Crippen molar-refractivity contribution >= 4 is 22.5 Å². The lowest BCUT2D eigenvalue weighted by Crippen LogP contribution is -2.36. The highest BCUT2D eigenvalue weighted by molar-refractivity contribution is 7.15. The molecule has 3 N–H and O–H groups in total. The molecule has 0 aliphatic rings. The maximum atomic E-state index is 11.5. The first-order valence-corrected chi connectivity index (χ1v) is 6.10. The van der Waals surface area contributed by atoms with Crippen LogP contribution in [0, 0.1) is 0 Å². The standard InChI is InChI=1S/C10H17N3O2S/c1-3-8-6-11-10(16-8)13-9(15)12-7(2)4-5-14/h6-7,14H,3-5H2,1-2H3,(H2,11,12,13,15)/t7-/m1/s1. The van der Waals surface area contributed by atoms with Crippen molar-refractivity contribution < 1.29 is 9.90 Å². The molecule has 0 aliphatic heterocycles. The first-order valence-electron chi connectivity index (χ1n) is 5.28. The van der Waals surface area contributed by atoms with Gasteiger partial charge in [-0.2, -0.15) is 0 Å². The lowest BCUT2D eigenvalue weighted by molar-refractivity contribution is 0.241. The molecule has 1 aromatic rings. The van der Waals surface area contributed by atoms with Gasteiger partial charge in [-0.05, 0) is 19.8 Å². The Hall–Kier alpha value is -1.14. The van der Waals surface area contributed by atoms with Crippen molar-refractivity contribution in [1.82, 2.24) is 10.3 Å². The number of thiazole rings is 1. The highest BCUT2D eigenvalue weighted by Gasteiger charge is 2.08. The number of hydrogen-bond acceptors (Lipinski definition) is 4. The molecule has 1 rings (SSSR count). The number of nitrogens with zero attached hydrogens (tertiary/aromatic N) is 1. The molecule has 6 heteroatoms. The van der Waals surface area contributed by atoms with Crippen LogP contribution in [-0.2, 0) is 6.42 Å². The Labute approximate surface area is 98.9 Å². The van der Waals surface area contributed by atoms with E-state index in [0.29, 0.717) is 11.6 Å². The summed E-state index contributed by atoms with van der Waals surface area (Å²) in [7, 11) is 0. The van der Waals surface area contributed by atoms with Gasteiger partial charge in [-0.15, -0.1) is 11.3 Å². The molecule has 2 amide bonds. The third-order valence-electron chi connectivity index (χ3n) is 2.06. The van der Waals surface area contributed by atoms with Crippen LogP contribution in [0.25, 0.3) is 0 Å². The topological polar surface area (TPSA) is 74.2 Å². The summed E-state index contributed by atoms with van der Waals surface area (Å²) in [5.74, 6) is 0. The van der Waals surface area contributed by atoms with Gasteiger partial charge in [0.05, 0.1) is 0 Å². The second-order valence-corrected chi connectivity index (χ2v) is 4.61. The third-order valence-corrected chi connectivity index (χ3v) is 3.12. The van der Waals surface area contributed by atoms with Gasteiger partial charge in [0.25, 0.3) is 0 Å². The van der Waals surface area contributed by atoms with Crippen molar-refractivity contribution in [2.75, 3.05) is 11.9 Å². The first-order chi connectivity index (χ1) is 7.65. The Morgan fingerprint density at radius 1 is 1.69 bits per heavy atom. The van der Waals surface area contributed by atoms with Crippen molar-refractivity contribution in [1.29, 1.82) is 0 Å². The minimum atomic E-state index is -0.280. The van der Waals surface area contributed by atoms with E-state index in [0.717, 1.165) is 11.3 Å². The number of rotatable bonds is 5. The number of aliphatic hydroxyl groups is 1. The molecule has 0 fully saturated rings. The normalized spacial score (nSPS) is 12.2. The second-order valence-electron chi connectivity index (χ2n) is 3.50. The van der Waals surface area contributed by atoms with E-state index in [4.69, 9.17) is 5.11 Å². The smallest absolute Gasteiger partial charge is 0.321 e. The van der Waals surface area contributed by atoms with Crippen LogP contribution in [0.5, 0.6) is 0 Å². The number of urea groups is 1. The average molecular weight is 243 g/mol. The molecule has 16 heavy (non-hydrogen) atoms. The van der Waals surface area contributed by atoms with E-state index in [-0.39, 0.29) is 18.7 Å². The Balaban J connectivity index is 2.39. The van der Waals surface area contributed by atoms with Gasteiger partial charge in [-0.3, -0.25) is 5.32 Å². The van der Waals surface area contributed by atoms with Crippen LogP contribution in [-0.4, -0.2) is 28.8 Å². The van der Waals surface area contributed by atoms with E-state index in [1.165, 1.54) is 11.3 Å². The fourth-order valence-electron chi connectivity index (χ4n) is 1.15. The molecule has 0 saturated carbocycles. The molecule has 90 valence electrons. The predicted molar refractivity (Wildman–Crippen MR) is 64.8 cm³/mol. The van der Waals surface area contributed by atoms with Crippen molar-refractivity contribution in [2.45, 2.75) is 32.7 Å². The lowest BCUT2D eigenvalue weighted by atomic mass is 10.2. The summed E-state index contributed by atoms with van der Waals surface area (Å²) in [5, 5.41) is 14.7. The Morgan fingerprint density at radius 2 is 2.44 bits per heavy atom. The number of hydrogen-bond donors (Lipinski definition) is 3. The summed E-state index contributed by atoms with van der Waals surface area (Å²) in [4.78, 5) is 16.7. The van der Waals surface area contributed by atoms with Crippen LogP contribution in [0.2, 0.25) is 0 Å². The van der Waals surface area contributed by atoms with Gasteiger partial charge < -0.3 is 10.4 Å². The number of aryl methyl sites for hydroxylation is 1. The van der Waals surface area contributed by atoms with Gasteiger partial charge in [0, 0.05) is 23.7 Å². The van der Waals surface area contributed by atoms with Crippen LogP contribution in [0.15, 0.2) is 6.20 Å². The van der Waals surface area contributed by atoms with E-state index >= 15 is 0 Å². The van der Waals surface area contributed by atoms with Crippen molar-refractivity contribution in [3.63, 3.8) is 0 Å². The molecule has 0 aromatic carbocycles. The Bertz CT molecular complexity index is 341. The number of nitrogens with one attached hydrogen (secondary N) is 2. The summed E-state index contributed by atoms with van der Waals surface area (Å²) in [6.45, 7) is 3.95. The number of aliphatic hydroxyl groups excluding tert-OH is 1. The fourth-order valence-corrected chi connectivity index (χ4v) is 1.90. The average Bonchev–Trinajstić information content (AvgIpc) is 2.65. The molecule has 1 heterocycles. The zero-order valence-electron chi connectivity index (χ0n) is 9.49. The minimum Gasteiger partial charge on any atom is -0.396 e. The van der Waals surface area contributed by atoms with E-state index in [1.54, 1.807) is 6.20 Å². The van der Waals surface area contributed by atoms with Crippen LogP contribution in [0.1, 0.15) is 25.1 Å². The first kappa shape index (κ1) is 12.9. The van der Waals surface area contributed by atoms with Crippen molar-refractivity contribution in [2.24, 2.45) is 0 Å². The number of anilines is 1. The van der Waals surface area contributed by atoms with Crippen molar-refractivity contribution in [3.8, 4) is 0 Å². The molecular formula is C10H17N3O2S. The molecular weight excluding hydrogens is 226 g/mol. The van der Waals surface area contributed by atoms with Crippen LogP contribution in [0.3, 0.4) is 0 Å². The maximum Gasteiger partial charge on any atom is 0.321 e. The summed E-state index contributed by atoms with van der Waals surface area (Å²) in [5.41, 5.74) is 0. The SMILES string of the molecule is CCc1cnc(NC(=O)N[C@H](C)CCO)s1. The third kappa shape index (κ3) is 4.16. The van der Waals surface area contributed by atoms with E-state index in [2.05, 4.69) is 15.6 Å². The van der Waals surface area contributed by atoms with Gasteiger partial charge in [0.15, 0.2) is 5.13 Å². The molecule has 0 spiro atoms. The van der Waals surface area contributed by atoms with Crippen molar-refractivity contribution in [3.05, 3.63) is 11.1 Å². The fraction of sp³-hybridized carbons (Fsp3) is 0.600. The minimum absolute atomic E-state index is 0.0457. The number of aromatic nitrogens is 1. The second kappa shape index (κ2) is 6.44. The molecule has 5 nitrogen and oxygen atoms in total. The van der Waals surface area contributed by atoms with Crippen LogP contribution >= 0.6 is 11.3 Å². The van der Waals surface area contributed by atoms with Crippen LogP contribution < -0.4 is 10.6 Å². The van der Waals surface area contributed by atoms with E-state index < -0.39 is 0 Å². The molecule has 1 aromatic heterocycles. The molecule has 0 saturated heterocycles. The molecule has 0 bridgehead atoms. The summed E-state index contributed by atoms with van der Waals surface area (Å²) >= 11 is 1.47. The highest BCUT2D eigenvalue weighted by atomic mass is 32.1. The van der Waals surface area contributed by atoms with Gasteiger partial charge in [-0.1, -0.05) is 6.92 Å². The summed E-state index contributed by atoms with van der Waals surface area (Å²) in [6.07, 6.45) is 3.23. The van der Waals surface area contributed by atoms with Gasteiger partial charge >= 0.3 is 6.03 Å². The lowest BCUT2D eigenvalue weighted by Gasteiger charge is -2.11. The maximum absolute atomic E-state index is 11.5. The summed E-state index contributed by atoms with van der Waals surface area (Å²) < 4.78 is 0. The highest BCUT2D eigenvalue weighted by Crippen LogP contribution is 2.17. The van der Waals surface area contributed by atoms with Gasteiger partial charge in [-0.25, -0.2) is 9.78 Å². The van der Waals surface area contributed by atoms with Gasteiger partial charge in [0.1, 0.15) is 0 Å². The molecule has 0 radical (unpaired) electrons. The monoisotopic (exact) mass is 243 g/mol. The predicted octanol–water partition coefficient (Wildman–Crippen LogP) is 1.60. The zero-order chi connectivity index (χ0) is 12.0. The summed E-state index contributed by atoms with van der Waals surface area (Å²) in [6, 6.07) is -0.325.